The smallest absolute Gasteiger partial charge is 0.173 e. The van der Waals surface area contributed by atoms with Crippen LogP contribution in [0, 0.1) is 5.41 Å². The summed E-state index contributed by atoms with van der Waals surface area (Å²) in [6.45, 7) is 90.2. The first-order chi connectivity index (χ1) is 53.5. The second-order valence-corrected chi connectivity index (χ2v) is 101. The minimum absolute atomic E-state index is 0.0650. The van der Waals surface area contributed by atoms with Crippen molar-refractivity contribution in [2.75, 3.05) is 13.2 Å². The van der Waals surface area contributed by atoms with Crippen LogP contribution in [0.1, 0.15) is 263 Å². The molecule has 0 spiro atoms. The van der Waals surface area contributed by atoms with Gasteiger partial charge in [0.15, 0.2) is 49.9 Å². The van der Waals surface area contributed by atoms with E-state index in [1.807, 2.05) is 0 Å². The highest BCUT2D eigenvalue weighted by molar-refractivity contribution is 6.93. The van der Waals surface area contributed by atoms with E-state index in [1.54, 1.807) is 31.1 Å². The Morgan fingerprint density at radius 1 is 0.198 bits per heavy atom. The Kier molecular flexibility index (Phi) is 52.7. The number of ether oxygens (including phenoxy) is 2. The first-order valence-corrected chi connectivity index (χ1v) is 87.2. The van der Waals surface area contributed by atoms with E-state index in [4.69, 9.17) is 21.8 Å². The van der Waals surface area contributed by atoms with Crippen molar-refractivity contribution < 1.29 is 21.8 Å². The van der Waals surface area contributed by atoms with Crippen LogP contribution in [0.15, 0.2) is 72.8 Å². The molecule has 3 aromatic carbocycles. The summed E-state index contributed by atoms with van der Waals surface area (Å²) in [6.07, 6.45) is 36.0. The molecule has 0 atom stereocenters. The van der Waals surface area contributed by atoms with E-state index < -0.39 is 98.3 Å². The maximum absolute atomic E-state index is 6.89. The van der Waals surface area contributed by atoms with Crippen LogP contribution in [-0.4, -0.2) is 123 Å². The number of benzene rings is 3. The van der Waals surface area contributed by atoms with Gasteiger partial charge in [0, 0.05) is 13.2 Å². The SMILES string of the molecule is CCCCCOC(C)(CCCCC)CCCCC.CCC[Si](C)(C)O[Si](C)(C)CCCOC(C)(CCC[Si](C)(C)O[Si](C)(C)CCC)CCC[Si](C)(C)O[Si](C)(C)CCC.CCC[Si](C)(C)c1ccc([Si](C)(C)CCCC(C)(CCC[Si](C)(C)c2ccc([Si](C)(C)CCC)cc2)CCC[Si](C)(C)c2ccc([Si](C)(C)CCC)cc2)cc1. The van der Waals surface area contributed by atoms with E-state index in [1.165, 1.54) is 233 Å². The number of hydrogen-bond donors (Lipinski definition) is 0. The molecular weight excluding hydrogens is 1610 g/mol. The van der Waals surface area contributed by atoms with Gasteiger partial charge in [0.25, 0.3) is 0 Å². The van der Waals surface area contributed by atoms with Crippen LogP contribution in [0.4, 0.5) is 0 Å². The number of unbranched alkanes of at least 4 members (excludes halogenated alkanes) is 6. The maximum atomic E-state index is 6.89. The minimum atomic E-state index is -1.67. The first kappa shape index (κ1) is 114. The summed E-state index contributed by atoms with van der Waals surface area (Å²) in [7, 11) is -18.1. The van der Waals surface area contributed by atoms with Crippen LogP contribution in [-0.2, 0) is 21.8 Å². The van der Waals surface area contributed by atoms with Crippen LogP contribution < -0.4 is 31.1 Å². The zero-order valence-corrected chi connectivity index (χ0v) is 97.2. The molecule has 3 aromatic rings. The molecule has 116 heavy (non-hydrogen) atoms. The van der Waals surface area contributed by atoms with E-state index >= 15 is 0 Å². The second-order valence-electron chi connectivity index (χ2n) is 45.8. The van der Waals surface area contributed by atoms with Crippen molar-refractivity contribution in [2.45, 2.75) is 504 Å². The molecule has 0 heterocycles. The molecule has 0 bridgehead atoms. The van der Waals surface area contributed by atoms with E-state index in [0.717, 1.165) is 32.5 Å². The van der Waals surface area contributed by atoms with Gasteiger partial charge in [0.05, 0.1) is 59.6 Å². The highest BCUT2D eigenvalue weighted by atomic mass is 28.4. The third kappa shape index (κ3) is 47.0. The fourth-order valence-corrected chi connectivity index (χ4v) is 61.9. The van der Waals surface area contributed by atoms with Gasteiger partial charge in [-0.15, -0.1) is 0 Å². The summed E-state index contributed by atoms with van der Waals surface area (Å²) >= 11 is 0. The maximum Gasteiger partial charge on any atom is 0.173 e. The standard InChI is InChI=1S/C50H90Si6.C32H78O4Si6.C17H36O/c1-17-38-51(5,6)44-23-29-47(30-24-44)54(11,12)41-20-35-50(4,36-21-42-55(13,14)48-31-25-45(26-32-48)52(7,8)39-18-2)37-22-43-56(15,16)49-33-27-46(28-34-49)53(9,10)40-19-3;1-17-26-37(5,6)34-40(11,12)29-20-23-32(4,24-21-30-41(13,14)35-38(7,8)27-18-2)33-25-22-31-42(15,16)36-39(9,10)28-19-3;1-5-8-11-14-17(4,15-12-9-6-2)18-16-13-10-7-3/h23-34H,17-22,35-43H2,1-16H3;17-31H2,1-16H3;5-16H2,1-4H3. The highest BCUT2D eigenvalue weighted by Gasteiger charge is 2.39. The Labute approximate surface area is 740 Å². The Morgan fingerprint density at radius 2 is 0.388 bits per heavy atom. The summed E-state index contributed by atoms with van der Waals surface area (Å²) in [5.41, 5.74) is 0.515. The Balaban J connectivity index is 0.000000983. The number of hydrogen-bond acceptors (Lipinski definition) is 5. The molecule has 17 heteroatoms. The van der Waals surface area contributed by atoms with Gasteiger partial charge in [-0.2, -0.15) is 0 Å². The van der Waals surface area contributed by atoms with Crippen LogP contribution in [0.2, 0.25) is 230 Å². The summed E-state index contributed by atoms with van der Waals surface area (Å²) < 4.78 is 33.7. The molecule has 0 fully saturated rings. The number of rotatable bonds is 62. The fourth-order valence-electron chi connectivity index (χ4n) is 19.8. The Bertz CT molecular complexity index is 2790. The molecule has 0 N–H and O–H groups in total. The van der Waals surface area contributed by atoms with Gasteiger partial charge in [0.2, 0.25) is 0 Å². The van der Waals surface area contributed by atoms with Crippen molar-refractivity contribution in [1.82, 2.24) is 0 Å². The lowest BCUT2D eigenvalue weighted by Gasteiger charge is -2.37. The third-order valence-corrected chi connectivity index (χ3v) is 71.6. The molecule has 0 aliphatic carbocycles. The lowest BCUT2D eigenvalue weighted by molar-refractivity contribution is -0.0480. The Hall–Kier alpha value is 0.0626. The van der Waals surface area contributed by atoms with Crippen molar-refractivity contribution in [1.29, 1.82) is 0 Å². The molecule has 5 nitrogen and oxygen atoms in total. The molecule has 0 unspecified atom stereocenters. The predicted octanol–water partition coefficient (Wildman–Crippen LogP) is 31.5. The normalized spacial score (nSPS) is 13.8. The molecular formula is C99H204O5Si12. The molecule has 0 saturated carbocycles. The van der Waals surface area contributed by atoms with E-state index in [0.29, 0.717) is 5.41 Å². The van der Waals surface area contributed by atoms with Crippen molar-refractivity contribution >= 4 is 129 Å². The van der Waals surface area contributed by atoms with Crippen LogP contribution in [0.25, 0.3) is 0 Å². The zero-order valence-electron chi connectivity index (χ0n) is 85.2. The van der Waals surface area contributed by atoms with Gasteiger partial charge in [-0.3, -0.25) is 0 Å². The molecule has 0 saturated heterocycles. The van der Waals surface area contributed by atoms with Crippen molar-refractivity contribution in [2.24, 2.45) is 5.41 Å². The second kappa shape index (κ2) is 53.6. The van der Waals surface area contributed by atoms with Gasteiger partial charge >= 0.3 is 0 Å². The topological polar surface area (TPSA) is 46.2 Å². The monoisotopic (exact) mass is 1810 g/mol. The molecule has 678 valence electrons. The van der Waals surface area contributed by atoms with E-state index in [9.17, 15) is 0 Å². The quantitative estimate of drug-likeness (QED) is 0.0416. The summed E-state index contributed by atoms with van der Waals surface area (Å²) in [5.74, 6) is 0. The predicted molar refractivity (Wildman–Crippen MR) is 565 cm³/mol. The van der Waals surface area contributed by atoms with Crippen LogP contribution in [0.3, 0.4) is 0 Å². The summed E-state index contributed by atoms with van der Waals surface area (Å²) in [4.78, 5) is 0. The van der Waals surface area contributed by atoms with Gasteiger partial charge in [-0.25, -0.2) is 0 Å². The Morgan fingerprint density at radius 3 is 0.621 bits per heavy atom. The van der Waals surface area contributed by atoms with Crippen molar-refractivity contribution in [3.8, 4) is 0 Å². The van der Waals surface area contributed by atoms with Gasteiger partial charge in [-0.1, -0.05) is 410 Å². The van der Waals surface area contributed by atoms with Gasteiger partial charge < -0.3 is 21.8 Å². The highest BCUT2D eigenvalue weighted by Crippen LogP contribution is 2.40. The molecule has 3 rings (SSSR count). The summed E-state index contributed by atoms with van der Waals surface area (Å²) in [6, 6.07) is 46.3. The van der Waals surface area contributed by atoms with E-state index in [2.05, 4.69) is 313 Å². The lowest BCUT2D eigenvalue weighted by atomic mass is 9.77. The van der Waals surface area contributed by atoms with Crippen molar-refractivity contribution in [3.63, 3.8) is 0 Å². The zero-order chi connectivity index (χ0) is 88.7. The fraction of sp³-hybridized carbons (Fsp3) is 0.818. The summed E-state index contributed by atoms with van der Waals surface area (Å²) in [5, 5.41) is 9.95. The van der Waals surface area contributed by atoms with Gasteiger partial charge in [-0.05, 0) is 192 Å². The van der Waals surface area contributed by atoms with Crippen LogP contribution >= 0.6 is 0 Å². The van der Waals surface area contributed by atoms with E-state index in [-0.39, 0.29) is 11.2 Å². The lowest BCUT2D eigenvalue weighted by Crippen LogP contribution is -2.45. The minimum Gasteiger partial charge on any atom is -0.455 e. The largest absolute Gasteiger partial charge is 0.455 e. The molecule has 0 radical (unpaired) electrons. The molecule has 0 aliphatic rings. The van der Waals surface area contributed by atoms with Gasteiger partial charge in [0.1, 0.15) is 0 Å². The molecule has 0 aromatic heterocycles. The first-order valence-electron chi connectivity index (χ1n) is 49.3. The van der Waals surface area contributed by atoms with Crippen LogP contribution in [0.5, 0.6) is 0 Å². The molecule has 0 aliphatic heterocycles. The average Bonchev–Trinajstić information content (AvgIpc) is 0.817. The average molecular weight is 1810 g/mol. The third-order valence-electron chi connectivity index (χ3n) is 27.1. The van der Waals surface area contributed by atoms with Crippen molar-refractivity contribution in [3.05, 3.63) is 72.8 Å². The molecule has 0 amide bonds.